The van der Waals surface area contributed by atoms with Crippen molar-refractivity contribution in [3.8, 4) is 0 Å². The zero-order valence-electron chi connectivity index (χ0n) is 11.6. The number of aromatic nitrogens is 2. The second-order valence-corrected chi connectivity index (χ2v) is 5.06. The molecule has 3 nitrogen and oxygen atoms in total. The summed E-state index contributed by atoms with van der Waals surface area (Å²) in [5, 5.41) is 5.41. The van der Waals surface area contributed by atoms with Crippen LogP contribution in [0.4, 0.5) is 8.78 Å². The van der Waals surface area contributed by atoms with Crippen molar-refractivity contribution >= 4 is 10.9 Å². The van der Waals surface area contributed by atoms with E-state index >= 15 is 0 Å². The van der Waals surface area contributed by atoms with Gasteiger partial charge in [-0.05, 0) is 24.3 Å². The minimum atomic E-state index is -0.640. The van der Waals surface area contributed by atoms with Gasteiger partial charge in [0.25, 0.3) is 0 Å². The fourth-order valence-electron chi connectivity index (χ4n) is 2.56. The van der Waals surface area contributed by atoms with Gasteiger partial charge in [-0.15, -0.1) is 0 Å². The number of aryl methyl sites for hydroxylation is 1. The summed E-state index contributed by atoms with van der Waals surface area (Å²) in [5.74, 6) is -0.989. The lowest BCUT2D eigenvalue weighted by atomic mass is 10.0. The molecule has 1 heterocycles. The maximum Gasteiger partial charge on any atom is 0.128 e. The molecule has 1 unspecified atom stereocenters. The van der Waals surface area contributed by atoms with Crippen molar-refractivity contribution in [1.82, 2.24) is 9.78 Å². The van der Waals surface area contributed by atoms with Crippen LogP contribution < -0.4 is 5.73 Å². The third-order valence-electron chi connectivity index (χ3n) is 3.61. The van der Waals surface area contributed by atoms with Gasteiger partial charge in [0.2, 0.25) is 0 Å². The SMILES string of the molecule is Cn1nc(CC(N)c2cc(F)ccc2F)c2ccccc21. The molecule has 0 spiro atoms. The van der Waals surface area contributed by atoms with Gasteiger partial charge in [-0.2, -0.15) is 5.10 Å². The number of rotatable bonds is 3. The van der Waals surface area contributed by atoms with Crippen LogP contribution in [-0.4, -0.2) is 9.78 Å². The largest absolute Gasteiger partial charge is 0.324 e. The lowest BCUT2D eigenvalue weighted by Gasteiger charge is -2.12. The average molecular weight is 287 g/mol. The first kappa shape index (κ1) is 13.7. The molecule has 1 atom stereocenters. The Labute approximate surface area is 121 Å². The molecular formula is C16H15F2N3. The number of fused-ring (bicyclic) bond motifs is 1. The average Bonchev–Trinajstić information content (AvgIpc) is 2.78. The van der Waals surface area contributed by atoms with Gasteiger partial charge in [-0.25, -0.2) is 8.78 Å². The predicted octanol–water partition coefficient (Wildman–Crippen LogP) is 3.09. The summed E-state index contributed by atoms with van der Waals surface area (Å²) in [6.45, 7) is 0. The van der Waals surface area contributed by atoms with Gasteiger partial charge in [0, 0.05) is 30.5 Å². The van der Waals surface area contributed by atoms with Crippen LogP contribution >= 0.6 is 0 Å². The second kappa shape index (κ2) is 5.26. The van der Waals surface area contributed by atoms with Crippen LogP contribution in [0.2, 0.25) is 0 Å². The molecule has 0 radical (unpaired) electrons. The summed E-state index contributed by atoms with van der Waals surface area (Å²) >= 11 is 0. The first-order valence-corrected chi connectivity index (χ1v) is 6.67. The second-order valence-electron chi connectivity index (χ2n) is 5.06. The number of nitrogens with zero attached hydrogens (tertiary/aromatic N) is 2. The number of nitrogens with two attached hydrogens (primary N) is 1. The zero-order valence-corrected chi connectivity index (χ0v) is 11.6. The monoisotopic (exact) mass is 287 g/mol. The number of halogens is 2. The van der Waals surface area contributed by atoms with Gasteiger partial charge in [0.1, 0.15) is 11.6 Å². The Morgan fingerprint density at radius 1 is 1.19 bits per heavy atom. The Morgan fingerprint density at radius 3 is 2.76 bits per heavy atom. The zero-order chi connectivity index (χ0) is 15.0. The van der Waals surface area contributed by atoms with E-state index in [1.54, 1.807) is 4.68 Å². The molecule has 108 valence electrons. The number of hydrogen-bond donors (Lipinski definition) is 1. The molecule has 0 fully saturated rings. The molecular weight excluding hydrogens is 272 g/mol. The lowest BCUT2D eigenvalue weighted by molar-refractivity contribution is 0.558. The number of benzene rings is 2. The van der Waals surface area contributed by atoms with E-state index in [2.05, 4.69) is 5.10 Å². The van der Waals surface area contributed by atoms with Crippen LogP contribution in [-0.2, 0) is 13.5 Å². The van der Waals surface area contributed by atoms with Crippen molar-refractivity contribution < 1.29 is 8.78 Å². The molecule has 3 aromatic rings. The Kier molecular flexibility index (Phi) is 3.43. The Morgan fingerprint density at radius 2 is 1.95 bits per heavy atom. The highest BCUT2D eigenvalue weighted by molar-refractivity contribution is 5.81. The summed E-state index contributed by atoms with van der Waals surface area (Å²) in [5.41, 5.74) is 7.98. The van der Waals surface area contributed by atoms with Crippen molar-refractivity contribution in [2.24, 2.45) is 12.8 Å². The van der Waals surface area contributed by atoms with E-state index < -0.39 is 17.7 Å². The first-order valence-electron chi connectivity index (χ1n) is 6.67. The van der Waals surface area contributed by atoms with E-state index in [-0.39, 0.29) is 5.56 Å². The molecule has 0 aliphatic rings. The summed E-state index contributed by atoms with van der Waals surface area (Å²) in [7, 11) is 1.85. The fraction of sp³-hybridized carbons (Fsp3) is 0.188. The van der Waals surface area contributed by atoms with Gasteiger partial charge in [-0.3, -0.25) is 4.68 Å². The molecule has 5 heteroatoms. The van der Waals surface area contributed by atoms with Crippen molar-refractivity contribution in [2.45, 2.75) is 12.5 Å². The molecule has 0 aliphatic carbocycles. The number of hydrogen-bond acceptors (Lipinski definition) is 2. The first-order chi connectivity index (χ1) is 10.1. The van der Waals surface area contributed by atoms with Gasteiger partial charge in [-0.1, -0.05) is 18.2 Å². The minimum absolute atomic E-state index is 0.171. The molecule has 0 saturated carbocycles. The smallest absolute Gasteiger partial charge is 0.128 e. The van der Waals surface area contributed by atoms with E-state index in [0.29, 0.717) is 6.42 Å². The molecule has 0 amide bonds. The van der Waals surface area contributed by atoms with Gasteiger partial charge in [0.05, 0.1) is 11.2 Å². The highest BCUT2D eigenvalue weighted by Gasteiger charge is 2.17. The quantitative estimate of drug-likeness (QED) is 0.804. The van der Waals surface area contributed by atoms with Gasteiger partial charge in [0.15, 0.2) is 0 Å². The van der Waals surface area contributed by atoms with E-state index in [0.717, 1.165) is 34.8 Å². The summed E-state index contributed by atoms with van der Waals surface area (Å²) in [6, 6.07) is 10.4. The Balaban J connectivity index is 1.96. The van der Waals surface area contributed by atoms with Crippen molar-refractivity contribution in [1.29, 1.82) is 0 Å². The van der Waals surface area contributed by atoms with Gasteiger partial charge < -0.3 is 5.73 Å². The molecule has 3 rings (SSSR count). The van der Waals surface area contributed by atoms with Crippen molar-refractivity contribution in [3.05, 3.63) is 65.4 Å². The molecule has 0 bridgehead atoms. The number of para-hydroxylation sites is 1. The third-order valence-corrected chi connectivity index (χ3v) is 3.61. The summed E-state index contributed by atoms with van der Waals surface area (Å²) in [6.07, 6.45) is 0.349. The third kappa shape index (κ3) is 2.52. The maximum atomic E-state index is 13.8. The molecule has 2 aromatic carbocycles. The van der Waals surface area contributed by atoms with Crippen molar-refractivity contribution in [2.75, 3.05) is 0 Å². The standard InChI is InChI=1S/C16H15F2N3/c1-21-16-5-3-2-4-11(16)15(20-21)9-14(19)12-8-10(17)6-7-13(12)18/h2-8,14H,9,19H2,1H3. The minimum Gasteiger partial charge on any atom is -0.324 e. The highest BCUT2D eigenvalue weighted by atomic mass is 19.1. The van der Waals surface area contributed by atoms with Crippen LogP contribution in [0, 0.1) is 11.6 Å². The molecule has 1 aromatic heterocycles. The fourth-order valence-corrected chi connectivity index (χ4v) is 2.56. The van der Waals surface area contributed by atoms with Crippen LogP contribution in [0.1, 0.15) is 17.3 Å². The van der Waals surface area contributed by atoms with E-state index in [1.165, 1.54) is 0 Å². The van der Waals surface area contributed by atoms with Crippen LogP contribution in [0.3, 0.4) is 0 Å². The predicted molar refractivity (Wildman–Crippen MR) is 77.7 cm³/mol. The van der Waals surface area contributed by atoms with Crippen molar-refractivity contribution in [3.63, 3.8) is 0 Å². The Bertz CT molecular complexity index is 795. The summed E-state index contributed by atoms with van der Waals surface area (Å²) in [4.78, 5) is 0. The lowest BCUT2D eigenvalue weighted by Crippen LogP contribution is -2.16. The van der Waals surface area contributed by atoms with Crippen LogP contribution in [0.25, 0.3) is 10.9 Å². The molecule has 0 aliphatic heterocycles. The van der Waals surface area contributed by atoms with Crippen LogP contribution in [0.5, 0.6) is 0 Å². The molecule has 0 saturated heterocycles. The summed E-state index contributed by atoms with van der Waals surface area (Å²) < 4.78 is 28.8. The maximum absolute atomic E-state index is 13.8. The van der Waals surface area contributed by atoms with E-state index in [1.807, 2.05) is 31.3 Å². The topological polar surface area (TPSA) is 43.8 Å². The normalized spacial score (nSPS) is 12.8. The highest BCUT2D eigenvalue weighted by Crippen LogP contribution is 2.24. The molecule has 2 N–H and O–H groups in total. The van der Waals surface area contributed by atoms with Crippen LogP contribution in [0.15, 0.2) is 42.5 Å². The van der Waals surface area contributed by atoms with E-state index in [4.69, 9.17) is 5.73 Å². The van der Waals surface area contributed by atoms with E-state index in [9.17, 15) is 8.78 Å². The van der Waals surface area contributed by atoms with Gasteiger partial charge >= 0.3 is 0 Å². The molecule has 21 heavy (non-hydrogen) atoms. The Hall–Kier alpha value is -2.27.